The zero-order valence-electron chi connectivity index (χ0n) is 19.5. The summed E-state index contributed by atoms with van der Waals surface area (Å²) in [5.74, 6) is 2.75. The van der Waals surface area contributed by atoms with E-state index in [-0.39, 0.29) is 0 Å². The van der Waals surface area contributed by atoms with Gasteiger partial charge in [0, 0.05) is 55.7 Å². The lowest BCUT2D eigenvalue weighted by molar-refractivity contribution is 0.634. The van der Waals surface area contributed by atoms with Crippen LogP contribution in [0.5, 0.6) is 0 Å². The van der Waals surface area contributed by atoms with Gasteiger partial charge < -0.3 is 9.80 Å². The van der Waals surface area contributed by atoms with E-state index in [0.29, 0.717) is 11.9 Å². The van der Waals surface area contributed by atoms with Crippen LogP contribution in [0, 0.1) is 13.8 Å². The van der Waals surface area contributed by atoms with Gasteiger partial charge >= 0.3 is 0 Å². The fourth-order valence-corrected chi connectivity index (χ4v) is 4.93. The first-order valence-corrected chi connectivity index (χ1v) is 11.8. The van der Waals surface area contributed by atoms with Crippen molar-refractivity contribution in [2.24, 2.45) is 0 Å². The molecule has 1 aromatic carbocycles. The van der Waals surface area contributed by atoms with E-state index in [9.17, 15) is 0 Å². The Kier molecular flexibility index (Phi) is 5.16. The summed E-state index contributed by atoms with van der Waals surface area (Å²) in [6, 6.07) is 8.25. The second kappa shape index (κ2) is 8.48. The molecule has 9 nitrogen and oxygen atoms in total. The van der Waals surface area contributed by atoms with E-state index in [2.05, 4.69) is 42.2 Å². The predicted molar refractivity (Wildman–Crippen MR) is 133 cm³/mol. The lowest BCUT2D eigenvalue weighted by Gasteiger charge is -2.35. The van der Waals surface area contributed by atoms with Gasteiger partial charge in [0.25, 0.3) is 0 Å². The number of benzene rings is 1. The van der Waals surface area contributed by atoms with Gasteiger partial charge in [-0.3, -0.25) is 5.32 Å². The molecule has 1 N–H and O–H groups in total. The molecule has 1 aliphatic carbocycles. The van der Waals surface area contributed by atoms with Crippen LogP contribution in [0.4, 0.5) is 23.7 Å². The number of aromatic nitrogens is 6. The number of fused-ring (bicyclic) bond motifs is 3. The van der Waals surface area contributed by atoms with Crippen molar-refractivity contribution in [2.75, 3.05) is 41.3 Å². The molecule has 1 saturated heterocycles. The highest BCUT2D eigenvalue weighted by molar-refractivity contribution is 5.86. The molecular formula is C25H27N9. The monoisotopic (exact) mass is 453 g/mol. The smallest absolute Gasteiger partial charge is 0.231 e. The summed E-state index contributed by atoms with van der Waals surface area (Å²) in [6.45, 7) is 7.39. The molecule has 0 atom stereocenters. The topological polar surface area (TPSA) is 95.9 Å². The van der Waals surface area contributed by atoms with Crippen LogP contribution in [-0.4, -0.2) is 56.1 Å². The third-order valence-electron chi connectivity index (χ3n) is 6.64. The molecule has 172 valence electrons. The van der Waals surface area contributed by atoms with Gasteiger partial charge in [-0.25, -0.2) is 24.9 Å². The molecule has 0 radical (unpaired) electrons. The third-order valence-corrected chi connectivity index (χ3v) is 6.64. The molecule has 0 bridgehead atoms. The van der Waals surface area contributed by atoms with E-state index >= 15 is 0 Å². The van der Waals surface area contributed by atoms with Crippen molar-refractivity contribution in [3.63, 3.8) is 0 Å². The maximum absolute atomic E-state index is 4.88. The van der Waals surface area contributed by atoms with Gasteiger partial charge in [0.15, 0.2) is 0 Å². The lowest BCUT2D eigenvalue weighted by atomic mass is 10.0. The summed E-state index contributed by atoms with van der Waals surface area (Å²) in [4.78, 5) is 32.2. The van der Waals surface area contributed by atoms with E-state index < -0.39 is 0 Å². The SMILES string of the molecule is Cc1cc(N2CCN(c3ncccn3)CC2)nc(Nc2nc(C)c3ccc4c(c3n2)CCC4)n1. The molecular weight excluding hydrogens is 426 g/mol. The van der Waals surface area contributed by atoms with Crippen LogP contribution in [0.3, 0.4) is 0 Å². The van der Waals surface area contributed by atoms with Crippen molar-refractivity contribution in [3.05, 3.63) is 59.2 Å². The van der Waals surface area contributed by atoms with Gasteiger partial charge in [0.05, 0.1) is 11.2 Å². The minimum atomic E-state index is 0.523. The van der Waals surface area contributed by atoms with Gasteiger partial charge in [-0.15, -0.1) is 0 Å². The Labute approximate surface area is 198 Å². The Morgan fingerprint density at radius 2 is 1.59 bits per heavy atom. The van der Waals surface area contributed by atoms with Gasteiger partial charge in [-0.2, -0.15) is 4.98 Å². The first-order valence-electron chi connectivity index (χ1n) is 11.8. The van der Waals surface area contributed by atoms with Crippen LogP contribution in [-0.2, 0) is 12.8 Å². The van der Waals surface area contributed by atoms with Gasteiger partial charge in [0.2, 0.25) is 17.8 Å². The average Bonchev–Trinajstić information content (AvgIpc) is 3.34. The third kappa shape index (κ3) is 3.87. The Bertz CT molecular complexity index is 1350. The summed E-state index contributed by atoms with van der Waals surface area (Å²) in [6.07, 6.45) is 6.96. The van der Waals surface area contributed by atoms with Crippen LogP contribution in [0.25, 0.3) is 10.9 Å². The standard InChI is InChI=1S/C25H27N9/c1-16-15-21(33-11-13-34(14-12-33)25-26-9-4-10-27-25)30-23(28-16)32-24-29-17(2)19-8-7-18-5-3-6-20(18)22(19)31-24/h4,7-10,15H,3,5-6,11-14H2,1-2H3,(H,28,29,30,31,32). The molecule has 0 saturated carbocycles. The second-order valence-electron chi connectivity index (χ2n) is 8.92. The lowest BCUT2D eigenvalue weighted by Crippen LogP contribution is -2.47. The Morgan fingerprint density at radius 1 is 0.824 bits per heavy atom. The van der Waals surface area contributed by atoms with E-state index in [1.54, 1.807) is 12.4 Å². The quantitative estimate of drug-likeness (QED) is 0.499. The number of piperazine rings is 1. The van der Waals surface area contributed by atoms with Crippen LogP contribution < -0.4 is 15.1 Å². The number of aryl methyl sites for hydroxylation is 4. The predicted octanol–water partition coefficient (Wildman–Crippen LogP) is 3.39. The highest BCUT2D eigenvalue weighted by Crippen LogP contribution is 2.31. The molecule has 3 aromatic heterocycles. The van der Waals surface area contributed by atoms with Crippen molar-refractivity contribution in [1.82, 2.24) is 29.9 Å². The minimum Gasteiger partial charge on any atom is -0.353 e. The van der Waals surface area contributed by atoms with Crippen molar-refractivity contribution in [3.8, 4) is 0 Å². The zero-order valence-corrected chi connectivity index (χ0v) is 19.5. The molecule has 0 amide bonds. The second-order valence-corrected chi connectivity index (χ2v) is 8.92. The molecule has 1 fully saturated rings. The fourth-order valence-electron chi connectivity index (χ4n) is 4.93. The summed E-state index contributed by atoms with van der Waals surface area (Å²) >= 11 is 0. The number of nitrogens with one attached hydrogen (secondary N) is 1. The van der Waals surface area contributed by atoms with Gasteiger partial charge in [0.1, 0.15) is 5.82 Å². The highest BCUT2D eigenvalue weighted by Gasteiger charge is 2.21. The molecule has 0 unspecified atom stereocenters. The van der Waals surface area contributed by atoms with Crippen LogP contribution in [0.1, 0.15) is 28.9 Å². The summed E-state index contributed by atoms with van der Waals surface area (Å²) in [5, 5.41) is 4.40. The first-order chi connectivity index (χ1) is 16.6. The number of hydrogen-bond donors (Lipinski definition) is 1. The Hall–Kier alpha value is -3.88. The van der Waals surface area contributed by atoms with Crippen LogP contribution in [0.2, 0.25) is 0 Å². The molecule has 4 aromatic rings. The van der Waals surface area contributed by atoms with Crippen molar-refractivity contribution >= 4 is 34.6 Å². The number of anilines is 4. The summed E-state index contributed by atoms with van der Waals surface area (Å²) in [5.41, 5.74) is 5.69. The molecule has 1 aliphatic heterocycles. The molecule has 9 heteroatoms. The van der Waals surface area contributed by atoms with Gasteiger partial charge in [-0.05, 0) is 50.3 Å². The number of rotatable bonds is 4. The highest BCUT2D eigenvalue weighted by atomic mass is 15.3. The molecule has 2 aliphatic rings. The van der Waals surface area contributed by atoms with Crippen molar-refractivity contribution in [1.29, 1.82) is 0 Å². The largest absolute Gasteiger partial charge is 0.353 e. The molecule has 4 heterocycles. The first kappa shape index (κ1) is 20.7. The van der Waals surface area contributed by atoms with E-state index in [1.165, 1.54) is 17.5 Å². The number of nitrogens with zero attached hydrogens (tertiary/aromatic N) is 8. The minimum absolute atomic E-state index is 0.523. The summed E-state index contributed by atoms with van der Waals surface area (Å²) < 4.78 is 0. The molecule has 6 rings (SSSR count). The maximum Gasteiger partial charge on any atom is 0.231 e. The fraction of sp³-hybridized carbons (Fsp3) is 0.360. The zero-order chi connectivity index (χ0) is 23.1. The van der Waals surface area contributed by atoms with Crippen LogP contribution in [0.15, 0.2) is 36.7 Å². The van der Waals surface area contributed by atoms with E-state index in [4.69, 9.17) is 15.0 Å². The summed E-state index contributed by atoms with van der Waals surface area (Å²) in [7, 11) is 0. The van der Waals surface area contributed by atoms with E-state index in [0.717, 1.165) is 73.1 Å². The van der Waals surface area contributed by atoms with E-state index in [1.807, 2.05) is 26.0 Å². The Balaban J connectivity index is 1.24. The van der Waals surface area contributed by atoms with Gasteiger partial charge in [-0.1, -0.05) is 12.1 Å². The Morgan fingerprint density at radius 3 is 2.41 bits per heavy atom. The average molecular weight is 454 g/mol. The molecule has 0 spiro atoms. The maximum atomic E-state index is 4.88. The van der Waals surface area contributed by atoms with Crippen molar-refractivity contribution < 1.29 is 0 Å². The normalized spacial score (nSPS) is 15.6. The van der Waals surface area contributed by atoms with Crippen LogP contribution >= 0.6 is 0 Å². The van der Waals surface area contributed by atoms with Crippen molar-refractivity contribution in [2.45, 2.75) is 33.1 Å². The number of hydrogen-bond acceptors (Lipinski definition) is 9. The molecule has 34 heavy (non-hydrogen) atoms.